The number of ether oxygens (including phenoxy) is 2. The first kappa shape index (κ1) is 25.9. The van der Waals surface area contributed by atoms with Gasteiger partial charge in [-0.3, -0.25) is 14.5 Å². The van der Waals surface area contributed by atoms with Crippen LogP contribution in [-0.2, 0) is 16.6 Å². The van der Waals surface area contributed by atoms with Gasteiger partial charge in [-0.05, 0) is 50.2 Å². The predicted octanol–water partition coefficient (Wildman–Crippen LogP) is 2.15. The largest absolute Gasteiger partial charge is 0.481 e. The van der Waals surface area contributed by atoms with Crippen molar-refractivity contribution in [1.82, 2.24) is 10.2 Å². The van der Waals surface area contributed by atoms with Crippen LogP contribution in [0.1, 0.15) is 37.7 Å². The van der Waals surface area contributed by atoms with Gasteiger partial charge in [0, 0.05) is 31.1 Å². The third kappa shape index (κ3) is 5.63. The minimum absolute atomic E-state index is 0.0143. The minimum atomic E-state index is -0.841. The van der Waals surface area contributed by atoms with Crippen LogP contribution in [0.2, 0.25) is 0 Å². The Hall–Kier alpha value is -3.17. The van der Waals surface area contributed by atoms with E-state index in [9.17, 15) is 14.7 Å². The van der Waals surface area contributed by atoms with E-state index in [0.29, 0.717) is 37.6 Å². The molecule has 0 aliphatic carbocycles. The number of aromatic nitrogens is 1. The number of benzene rings is 1. The van der Waals surface area contributed by atoms with Crippen LogP contribution in [0.15, 0.2) is 42.7 Å². The number of fused-ring (bicyclic) bond motifs is 1. The summed E-state index contributed by atoms with van der Waals surface area (Å²) in [5.74, 6) is -0.438. The molecule has 36 heavy (non-hydrogen) atoms. The monoisotopic (exact) mass is 497 g/mol. The molecule has 0 unspecified atom stereocenters. The number of nitrogens with one attached hydrogen (secondary N) is 1. The van der Waals surface area contributed by atoms with Gasteiger partial charge in [0.1, 0.15) is 12.7 Å². The van der Waals surface area contributed by atoms with Crippen molar-refractivity contribution in [2.75, 3.05) is 44.9 Å². The average Bonchev–Trinajstić information content (AvgIpc) is 3.47. The van der Waals surface area contributed by atoms with Crippen LogP contribution >= 0.6 is 0 Å². The van der Waals surface area contributed by atoms with Gasteiger partial charge in [-0.15, -0.1) is 0 Å². The molecule has 194 valence electrons. The maximum atomic E-state index is 13.7. The molecule has 3 heterocycles. The van der Waals surface area contributed by atoms with E-state index >= 15 is 0 Å². The number of unbranched alkanes of at least 4 members (excludes halogenated alkanes) is 1. The summed E-state index contributed by atoms with van der Waals surface area (Å²) in [6.07, 6.45) is 6.39. The van der Waals surface area contributed by atoms with Crippen molar-refractivity contribution in [3.63, 3.8) is 0 Å². The number of carboxylic acids is 1. The molecule has 1 aromatic carbocycles. The van der Waals surface area contributed by atoms with Gasteiger partial charge < -0.3 is 24.8 Å². The highest BCUT2D eigenvalue weighted by atomic mass is 16.7. The maximum Gasteiger partial charge on any atom is 0.308 e. The molecule has 9 heteroatoms. The normalized spacial score (nSPS) is 21.0. The van der Waals surface area contributed by atoms with Crippen molar-refractivity contribution in [1.29, 1.82) is 0 Å². The molecule has 1 amide bonds. The van der Waals surface area contributed by atoms with Crippen LogP contribution in [0.3, 0.4) is 0 Å². The van der Waals surface area contributed by atoms with Gasteiger partial charge in [0.15, 0.2) is 23.9 Å². The molecule has 0 saturated carbocycles. The highest BCUT2D eigenvalue weighted by Gasteiger charge is 2.47. The lowest BCUT2D eigenvalue weighted by molar-refractivity contribution is -0.670. The molecule has 4 rings (SSSR count). The Morgan fingerprint density at radius 1 is 1.25 bits per heavy atom. The van der Waals surface area contributed by atoms with E-state index < -0.39 is 11.9 Å². The van der Waals surface area contributed by atoms with E-state index in [4.69, 9.17) is 9.47 Å². The van der Waals surface area contributed by atoms with Crippen molar-refractivity contribution in [3.8, 4) is 11.5 Å². The van der Waals surface area contributed by atoms with Gasteiger partial charge in [0.05, 0.1) is 12.5 Å². The molecule has 2 N–H and O–H groups in total. The highest BCUT2D eigenvalue weighted by molar-refractivity contribution is 5.94. The van der Waals surface area contributed by atoms with Crippen molar-refractivity contribution in [3.05, 3.63) is 48.3 Å². The molecule has 3 atom stereocenters. The quantitative estimate of drug-likeness (QED) is 0.460. The number of aryl methyl sites for hydroxylation is 1. The van der Waals surface area contributed by atoms with Gasteiger partial charge >= 0.3 is 5.97 Å². The van der Waals surface area contributed by atoms with Crippen molar-refractivity contribution >= 4 is 17.6 Å². The third-order valence-electron chi connectivity index (χ3n) is 7.16. The molecular weight excluding hydrogens is 460 g/mol. The standard InChI is InChI=1S/C27H36N4O5/c1-4-5-13-31(20-7-6-12-29(3)15-20)25(32)17-30-16-21(26(27(33)34)22(30)10-11-28-2)19-8-9-23-24(14-19)36-18-35-23/h6-9,12,14-15,21-22,26,28H,4-5,10-11,13,16-18H2,1-3H3/p+1/t21-,22+,26-/m1/s1. The smallest absolute Gasteiger partial charge is 0.308 e. The lowest BCUT2D eigenvalue weighted by Crippen LogP contribution is -2.45. The molecule has 9 nitrogen and oxygen atoms in total. The SMILES string of the molecule is CCCCN(C(=O)CN1C[C@H](c2ccc3c(c2)OCO3)[C@@H](C(=O)O)[C@@H]1CCNC)c1ccc[n+](C)c1. The zero-order chi connectivity index (χ0) is 25.7. The lowest BCUT2D eigenvalue weighted by atomic mass is 9.84. The number of carbonyl (C=O) groups excluding carboxylic acids is 1. The highest BCUT2D eigenvalue weighted by Crippen LogP contribution is 2.42. The molecule has 0 spiro atoms. The van der Waals surface area contributed by atoms with Crippen molar-refractivity contribution < 1.29 is 28.7 Å². The first-order valence-corrected chi connectivity index (χ1v) is 12.7. The number of nitrogens with zero attached hydrogens (tertiary/aromatic N) is 3. The van der Waals surface area contributed by atoms with E-state index in [-0.39, 0.29) is 31.2 Å². The van der Waals surface area contributed by atoms with E-state index in [1.807, 2.05) is 66.3 Å². The number of hydrogen-bond donors (Lipinski definition) is 2. The second-order valence-electron chi connectivity index (χ2n) is 9.60. The summed E-state index contributed by atoms with van der Waals surface area (Å²) >= 11 is 0. The maximum absolute atomic E-state index is 13.7. The first-order chi connectivity index (χ1) is 17.4. The van der Waals surface area contributed by atoms with E-state index in [1.54, 1.807) is 0 Å². The number of hydrogen-bond acceptors (Lipinski definition) is 6. The van der Waals surface area contributed by atoms with Crippen LogP contribution in [0.25, 0.3) is 0 Å². The Morgan fingerprint density at radius 2 is 2.06 bits per heavy atom. The number of likely N-dealkylation sites (tertiary alicyclic amines) is 1. The Balaban J connectivity index is 1.61. The number of amides is 1. The van der Waals surface area contributed by atoms with E-state index in [1.165, 1.54) is 0 Å². The Kier molecular flexibility index (Phi) is 8.43. The van der Waals surface area contributed by atoms with Crippen LogP contribution in [-0.4, -0.2) is 67.9 Å². The van der Waals surface area contributed by atoms with Crippen LogP contribution in [0.5, 0.6) is 11.5 Å². The van der Waals surface area contributed by atoms with Gasteiger partial charge in [-0.1, -0.05) is 19.4 Å². The summed E-state index contributed by atoms with van der Waals surface area (Å²) < 4.78 is 12.9. The summed E-state index contributed by atoms with van der Waals surface area (Å²) in [6, 6.07) is 9.27. The first-order valence-electron chi connectivity index (χ1n) is 12.7. The molecule has 1 fully saturated rings. The van der Waals surface area contributed by atoms with E-state index in [0.717, 1.165) is 24.1 Å². The van der Waals surface area contributed by atoms with Gasteiger partial charge in [-0.25, -0.2) is 4.57 Å². The lowest BCUT2D eigenvalue weighted by Gasteiger charge is -2.29. The summed E-state index contributed by atoms with van der Waals surface area (Å²) in [5, 5.41) is 13.4. The van der Waals surface area contributed by atoms with Crippen LogP contribution < -0.4 is 24.3 Å². The van der Waals surface area contributed by atoms with Gasteiger partial charge in [0.25, 0.3) is 0 Å². The van der Waals surface area contributed by atoms with Crippen LogP contribution in [0, 0.1) is 5.92 Å². The van der Waals surface area contributed by atoms with Crippen molar-refractivity contribution in [2.24, 2.45) is 13.0 Å². The fraction of sp³-hybridized carbons (Fsp3) is 0.519. The number of pyridine rings is 1. The molecule has 2 aliphatic rings. The molecule has 0 radical (unpaired) electrons. The summed E-state index contributed by atoms with van der Waals surface area (Å²) in [7, 11) is 3.80. The van der Waals surface area contributed by atoms with Gasteiger partial charge in [-0.2, -0.15) is 0 Å². The second-order valence-corrected chi connectivity index (χ2v) is 9.60. The van der Waals surface area contributed by atoms with E-state index in [2.05, 4.69) is 17.1 Å². The Labute approximate surface area is 212 Å². The average molecular weight is 498 g/mol. The third-order valence-corrected chi connectivity index (χ3v) is 7.16. The molecule has 2 aromatic rings. The predicted molar refractivity (Wildman–Crippen MR) is 135 cm³/mol. The number of carbonyl (C=O) groups is 2. The number of anilines is 1. The summed E-state index contributed by atoms with van der Waals surface area (Å²) in [4.78, 5) is 30.1. The molecule has 0 bridgehead atoms. The van der Waals surface area contributed by atoms with Gasteiger partial charge in [0.2, 0.25) is 12.7 Å². The number of aliphatic carboxylic acids is 1. The second kappa shape index (κ2) is 11.7. The minimum Gasteiger partial charge on any atom is -0.481 e. The molecule has 1 saturated heterocycles. The molecule has 2 aliphatic heterocycles. The topological polar surface area (TPSA) is 95.2 Å². The summed E-state index contributed by atoms with van der Waals surface area (Å²) in [5.41, 5.74) is 1.75. The molecular formula is C27H37N4O5+. The Morgan fingerprint density at radius 3 is 2.78 bits per heavy atom. The fourth-order valence-electron chi connectivity index (χ4n) is 5.33. The van der Waals surface area contributed by atoms with Crippen molar-refractivity contribution in [2.45, 2.75) is 38.1 Å². The zero-order valence-electron chi connectivity index (χ0n) is 21.4. The number of carboxylic acid groups (broad SMARTS) is 1. The zero-order valence-corrected chi connectivity index (χ0v) is 21.4. The van der Waals surface area contributed by atoms with Crippen LogP contribution in [0.4, 0.5) is 5.69 Å². The molecule has 1 aromatic heterocycles. The number of rotatable bonds is 11. The Bertz CT molecular complexity index is 1080. The summed E-state index contributed by atoms with van der Waals surface area (Å²) in [6.45, 7) is 4.23. The fourth-order valence-corrected chi connectivity index (χ4v) is 5.33.